The van der Waals surface area contributed by atoms with E-state index in [0.29, 0.717) is 18.6 Å². The molecule has 1 aliphatic rings. The number of hydrogen-bond acceptors (Lipinski definition) is 7. The molecule has 1 aliphatic heterocycles. The van der Waals surface area contributed by atoms with Gasteiger partial charge in [-0.15, -0.1) is 0 Å². The van der Waals surface area contributed by atoms with Crippen LogP contribution in [0.15, 0.2) is 54.1 Å². The van der Waals surface area contributed by atoms with Gasteiger partial charge in [-0.1, -0.05) is 12.1 Å². The topological polar surface area (TPSA) is 130 Å². The van der Waals surface area contributed by atoms with Crippen LogP contribution in [-0.4, -0.2) is 51.0 Å². The molecule has 0 bridgehead atoms. The maximum Gasteiger partial charge on any atom is 0.295 e. The molecule has 3 rings (SSSR count). The number of likely N-dealkylation sites (tertiary alicyclic amines) is 1. The number of aliphatic hydroxyl groups is 1. The van der Waals surface area contributed by atoms with Crippen molar-refractivity contribution in [3.05, 3.63) is 75.3 Å². The van der Waals surface area contributed by atoms with Crippen LogP contribution in [0.1, 0.15) is 37.4 Å². The predicted molar refractivity (Wildman–Crippen MR) is 116 cm³/mol. The molecule has 0 aliphatic carbocycles. The van der Waals surface area contributed by atoms with Crippen LogP contribution >= 0.6 is 0 Å². The van der Waals surface area contributed by atoms with Crippen LogP contribution in [0.3, 0.4) is 0 Å². The van der Waals surface area contributed by atoms with Crippen LogP contribution in [0.2, 0.25) is 0 Å². The number of aromatic hydroxyl groups is 1. The molecule has 0 aromatic heterocycles. The fourth-order valence-electron chi connectivity index (χ4n) is 3.56. The first-order valence-corrected chi connectivity index (χ1v) is 10.1. The third kappa shape index (κ3) is 4.78. The van der Waals surface area contributed by atoms with Crippen LogP contribution in [0.25, 0.3) is 5.76 Å². The lowest BCUT2D eigenvalue weighted by Gasteiger charge is -2.25. The van der Waals surface area contributed by atoms with Crippen molar-refractivity contribution >= 4 is 23.1 Å². The molecule has 0 spiro atoms. The van der Waals surface area contributed by atoms with Crippen molar-refractivity contribution in [2.24, 2.45) is 0 Å². The molecule has 2 aromatic carbocycles. The number of phenols is 1. The Kier molecular flexibility index (Phi) is 6.89. The van der Waals surface area contributed by atoms with Gasteiger partial charge in [0.05, 0.1) is 22.6 Å². The van der Waals surface area contributed by atoms with E-state index in [2.05, 4.69) is 0 Å². The summed E-state index contributed by atoms with van der Waals surface area (Å²) in [6.45, 7) is 4.41. The van der Waals surface area contributed by atoms with E-state index in [-0.39, 0.29) is 35.2 Å². The van der Waals surface area contributed by atoms with Gasteiger partial charge in [-0.05, 0) is 50.1 Å². The predicted octanol–water partition coefficient (Wildman–Crippen LogP) is 3.54. The van der Waals surface area contributed by atoms with E-state index in [1.54, 1.807) is 12.1 Å². The van der Waals surface area contributed by atoms with Crippen LogP contribution < -0.4 is 0 Å². The summed E-state index contributed by atoms with van der Waals surface area (Å²) < 4.78 is 5.52. The zero-order chi connectivity index (χ0) is 23.4. The fraction of sp³-hybridized carbons (Fsp3) is 0.304. The normalized spacial score (nSPS) is 17.8. The van der Waals surface area contributed by atoms with E-state index in [9.17, 15) is 29.9 Å². The molecule has 2 N–H and O–H groups in total. The largest absolute Gasteiger partial charge is 0.508 e. The number of carbonyl (C=O) groups is 2. The quantitative estimate of drug-likeness (QED) is 0.160. The lowest BCUT2D eigenvalue weighted by molar-refractivity contribution is -0.384. The summed E-state index contributed by atoms with van der Waals surface area (Å²) in [5.41, 5.74) is 0.442. The number of hydrogen-bond donors (Lipinski definition) is 2. The Labute approximate surface area is 184 Å². The second-order valence-corrected chi connectivity index (χ2v) is 7.66. The first kappa shape index (κ1) is 23.0. The molecular formula is C23H24N2O7. The smallest absolute Gasteiger partial charge is 0.295 e. The monoisotopic (exact) mass is 440 g/mol. The highest BCUT2D eigenvalue weighted by Crippen LogP contribution is 2.40. The van der Waals surface area contributed by atoms with Crippen molar-refractivity contribution in [3.63, 3.8) is 0 Å². The van der Waals surface area contributed by atoms with Crippen LogP contribution in [0.5, 0.6) is 5.75 Å². The maximum atomic E-state index is 12.9. The van der Waals surface area contributed by atoms with E-state index >= 15 is 0 Å². The molecular weight excluding hydrogens is 416 g/mol. The average molecular weight is 440 g/mol. The molecule has 0 radical (unpaired) electrons. The number of nitrogens with zero attached hydrogens (tertiary/aromatic N) is 2. The lowest BCUT2D eigenvalue weighted by Crippen LogP contribution is -2.31. The van der Waals surface area contributed by atoms with Crippen molar-refractivity contribution in [1.82, 2.24) is 4.90 Å². The van der Waals surface area contributed by atoms with Gasteiger partial charge < -0.3 is 19.8 Å². The lowest BCUT2D eigenvalue weighted by atomic mass is 9.95. The Morgan fingerprint density at radius 1 is 1.12 bits per heavy atom. The van der Waals surface area contributed by atoms with Gasteiger partial charge in [0.15, 0.2) is 0 Å². The Morgan fingerprint density at radius 2 is 1.75 bits per heavy atom. The average Bonchev–Trinajstić information content (AvgIpc) is 3.01. The number of amides is 1. The molecule has 1 fully saturated rings. The Morgan fingerprint density at radius 3 is 2.31 bits per heavy atom. The third-order valence-corrected chi connectivity index (χ3v) is 5.09. The summed E-state index contributed by atoms with van der Waals surface area (Å²) in [7, 11) is 0. The molecule has 32 heavy (non-hydrogen) atoms. The number of aliphatic hydroxyl groups excluding tert-OH is 1. The number of nitro benzene ring substituents is 1. The van der Waals surface area contributed by atoms with Crippen LogP contribution in [0.4, 0.5) is 5.69 Å². The highest BCUT2D eigenvalue weighted by atomic mass is 16.6. The zero-order valence-electron chi connectivity index (χ0n) is 17.7. The maximum absolute atomic E-state index is 12.9. The summed E-state index contributed by atoms with van der Waals surface area (Å²) in [4.78, 5) is 37.4. The number of phenolic OH excluding ortho intramolecular Hbond substituents is 1. The summed E-state index contributed by atoms with van der Waals surface area (Å²) in [5, 5.41) is 31.5. The van der Waals surface area contributed by atoms with E-state index in [1.807, 2.05) is 13.8 Å². The van der Waals surface area contributed by atoms with Gasteiger partial charge >= 0.3 is 0 Å². The van der Waals surface area contributed by atoms with E-state index in [0.717, 1.165) is 0 Å². The summed E-state index contributed by atoms with van der Waals surface area (Å²) >= 11 is 0. The molecule has 1 amide bonds. The number of Topliss-reactive ketones (excluding diaryl/α,β-unsaturated/α-hetero) is 1. The molecule has 0 unspecified atom stereocenters. The van der Waals surface area contributed by atoms with Gasteiger partial charge in [0, 0.05) is 30.8 Å². The molecule has 2 aromatic rings. The van der Waals surface area contributed by atoms with Crippen molar-refractivity contribution in [1.29, 1.82) is 0 Å². The number of rotatable bonds is 8. The van der Waals surface area contributed by atoms with E-state index in [1.165, 1.54) is 41.3 Å². The first-order chi connectivity index (χ1) is 15.2. The minimum Gasteiger partial charge on any atom is -0.508 e. The highest BCUT2D eigenvalue weighted by molar-refractivity contribution is 6.46. The third-order valence-electron chi connectivity index (χ3n) is 5.09. The van der Waals surface area contributed by atoms with E-state index < -0.39 is 28.4 Å². The summed E-state index contributed by atoms with van der Waals surface area (Å²) in [6, 6.07) is 10.2. The molecule has 1 saturated heterocycles. The van der Waals surface area contributed by atoms with Gasteiger partial charge in [0.2, 0.25) is 0 Å². The van der Waals surface area contributed by atoms with Crippen LogP contribution in [0, 0.1) is 10.1 Å². The molecule has 0 saturated carbocycles. The van der Waals surface area contributed by atoms with Crippen LogP contribution in [-0.2, 0) is 14.3 Å². The number of ketones is 1. The minimum absolute atomic E-state index is 0.0198. The van der Waals surface area contributed by atoms with Crippen molar-refractivity contribution in [2.45, 2.75) is 32.4 Å². The Hall–Kier alpha value is -3.72. The number of non-ortho nitro benzene ring substituents is 1. The highest BCUT2D eigenvalue weighted by Gasteiger charge is 2.45. The second kappa shape index (κ2) is 9.61. The molecule has 1 heterocycles. The van der Waals surface area contributed by atoms with Crippen molar-refractivity contribution < 1.29 is 29.5 Å². The molecule has 9 nitrogen and oxygen atoms in total. The Balaban J connectivity index is 2.02. The molecule has 9 heteroatoms. The molecule has 168 valence electrons. The summed E-state index contributed by atoms with van der Waals surface area (Å²) in [6.07, 6.45) is 0.512. The van der Waals surface area contributed by atoms with Crippen molar-refractivity contribution in [3.8, 4) is 5.75 Å². The number of ether oxygens (including phenoxy) is 1. The van der Waals surface area contributed by atoms with Crippen molar-refractivity contribution in [2.75, 3.05) is 13.2 Å². The van der Waals surface area contributed by atoms with Gasteiger partial charge in [-0.25, -0.2) is 0 Å². The first-order valence-electron chi connectivity index (χ1n) is 10.1. The van der Waals surface area contributed by atoms with E-state index in [4.69, 9.17) is 4.74 Å². The minimum atomic E-state index is -0.871. The zero-order valence-corrected chi connectivity index (χ0v) is 17.7. The number of benzene rings is 2. The van der Waals surface area contributed by atoms with Gasteiger partial charge in [0.1, 0.15) is 11.5 Å². The second-order valence-electron chi connectivity index (χ2n) is 7.66. The number of nitro groups is 1. The van der Waals surface area contributed by atoms with Gasteiger partial charge in [-0.3, -0.25) is 19.7 Å². The Bertz CT molecular complexity index is 1040. The molecule has 1 atom stereocenters. The standard InChI is InChI=1S/C23H24N2O7/c1-14(2)32-13-3-12-24-20(15-6-10-18(26)11-7-15)19(22(28)23(24)29)21(27)16-4-8-17(9-5-16)25(30)31/h4-11,14,20,26-27H,3,12-13H2,1-2H3/t20-/m1/s1. The summed E-state index contributed by atoms with van der Waals surface area (Å²) in [5.74, 6) is -2.00. The fourth-order valence-corrected chi connectivity index (χ4v) is 3.56. The van der Waals surface area contributed by atoms with Gasteiger partial charge in [0.25, 0.3) is 17.4 Å². The SMILES string of the molecule is CC(C)OCCCN1C(=O)C(=O)C(=C(O)c2ccc([N+](=O)[O-])cc2)[C@H]1c1ccc(O)cc1. The van der Waals surface area contributed by atoms with Gasteiger partial charge in [-0.2, -0.15) is 0 Å². The number of carbonyl (C=O) groups excluding carboxylic acids is 2.